The minimum Gasteiger partial charge on any atom is -0.459 e. The van der Waals surface area contributed by atoms with Gasteiger partial charge in [-0.2, -0.15) is 0 Å². The lowest BCUT2D eigenvalue weighted by Crippen LogP contribution is -2.50. The van der Waals surface area contributed by atoms with Crippen LogP contribution in [0.5, 0.6) is 0 Å². The van der Waals surface area contributed by atoms with E-state index in [4.69, 9.17) is 4.74 Å². The van der Waals surface area contributed by atoms with Crippen LogP contribution in [0.1, 0.15) is 58.9 Å². The summed E-state index contributed by atoms with van der Waals surface area (Å²) >= 11 is 0. The van der Waals surface area contributed by atoms with Crippen LogP contribution in [0.25, 0.3) is 0 Å². The average molecular weight is 379 g/mol. The second kappa shape index (κ2) is 10.2. The molecular formula is C22H35FN2O2. The number of hydrogen-bond acceptors (Lipinski definition) is 4. The van der Waals surface area contributed by atoms with Crippen LogP contribution in [0.4, 0.5) is 4.39 Å². The van der Waals surface area contributed by atoms with Gasteiger partial charge in [0.05, 0.1) is 0 Å². The maximum atomic E-state index is 13.0. The molecule has 1 saturated heterocycles. The molecule has 0 aliphatic carbocycles. The highest BCUT2D eigenvalue weighted by Crippen LogP contribution is 2.16. The van der Waals surface area contributed by atoms with Gasteiger partial charge in [0.25, 0.3) is 0 Å². The number of hydrogen-bond donors (Lipinski definition) is 1. The maximum Gasteiger partial charge on any atom is 0.323 e. The van der Waals surface area contributed by atoms with Crippen molar-refractivity contribution in [2.45, 2.75) is 77.5 Å². The third-order valence-corrected chi connectivity index (χ3v) is 4.92. The number of piperidine rings is 1. The highest BCUT2D eigenvalue weighted by atomic mass is 19.1. The van der Waals surface area contributed by atoms with Gasteiger partial charge in [0.15, 0.2) is 0 Å². The summed E-state index contributed by atoms with van der Waals surface area (Å²) < 4.78 is 18.6. The van der Waals surface area contributed by atoms with Crippen molar-refractivity contribution in [2.24, 2.45) is 0 Å². The number of ether oxygens (including phenoxy) is 1. The molecule has 4 nitrogen and oxygen atoms in total. The molecule has 1 aliphatic heterocycles. The van der Waals surface area contributed by atoms with E-state index in [1.54, 1.807) is 0 Å². The van der Waals surface area contributed by atoms with Gasteiger partial charge in [0.2, 0.25) is 0 Å². The molecule has 1 heterocycles. The van der Waals surface area contributed by atoms with E-state index < -0.39 is 5.60 Å². The Bertz CT molecular complexity index is 575. The van der Waals surface area contributed by atoms with Crippen LogP contribution in [0.15, 0.2) is 24.3 Å². The van der Waals surface area contributed by atoms with Crippen molar-refractivity contribution in [3.05, 3.63) is 35.6 Å². The third kappa shape index (κ3) is 7.97. The first-order valence-corrected chi connectivity index (χ1v) is 10.2. The predicted octanol–water partition coefficient (Wildman–Crippen LogP) is 3.93. The fourth-order valence-electron chi connectivity index (χ4n) is 3.48. The zero-order valence-corrected chi connectivity index (χ0v) is 17.3. The first-order chi connectivity index (χ1) is 12.8. The standard InChI is InChI=1S/C22H35FN2O2/c1-5-6-20(21(26)27-22(2,3)4)24-19-12-15-25(16-13-19)14-11-17-7-9-18(23)10-8-17/h7-10,19-20,24H,5-6,11-16H2,1-4H3/t20-/m1/s1. The first-order valence-electron chi connectivity index (χ1n) is 10.2. The van der Waals surface area contributed by atoms with Gasteiger partial charge in [-0.3, -0.25) is 4.79 Å². The van der Waals surface area contributed by atoms with Crippen LogP contribution >= 0.6 is 0 Å². The summed E-state index contributed by atoms with van der Waals surface area (Å²) in [5.74, 6) is -0.319. The van der Waals surface area contributed by atoms with Crippen molar-refractivity contribution in [1.29, 1.82) is 0 Å². The first kappa shape index (κ1) is 21.8. The van der Waals surface area contributed by atoms with E-state index in [0.29, 0.717) is 6.04 Å². The highest BCUT2D eigenvalue weighted by molar-refractivity contribution is 5.76. The molecule has 0 saturated carbocycles. The summed E-state index contributed by atoms with van der Waals surface area (Å²) in [7, 11) is 0. The largest absolute Gasteiger partial charge is 0.459 e. The lowest BCUT2D eigenvalue weighted by Gasteiger charge is -2.34. The molecule has 0 aromatic heterocycles. The van der Waals surface area contributed by atoms with Gasteiger partial charge in [-0.1, -0.05) is 25.5 Å². The third-order valence-electron chi connectivity index (χ3n) is 4.92. The second-order valence-corrected chi connectivity index (χ2v) is 8.53. The molecule has 0 bridgehead atoms. The normalized spacial score (nSPS) is 17.7. The van der Waals surface area contributed by atoms with E-state index >= 15 is 0 Å². The molecule has 1 fully saturated rings. The molecule has 0 spiro atoms. The molecule has 1 N–H and O–H groups in total. The topological polar surface area (TPSA) is 41.6 Å². The summed E-state index contributed by atoms with van der Waals surface area (Å²) in [6.07, 6.45) is 4.76. The second-order valence-electron chi connectivity index (χ2n) is 8.53. The number of rotatable bonds is 8. The van der Waals surface area contributed by atoms with Crippen molar-refractivity contribution in [3.8, 4) is 0 Å². The summed E-state index contributed by atoms with van der Waals surface area (Å²) in [6, 6.07) is 6.91. The van der Waals surface area contributed by atoms with Crippen molar-refractivity contribution in [1.82, 2.24) is 10.2 Å². The minimum atomic E-state index is -0.450. The van der Waals surface area contributed by atoms with Gasteiger partial charge in [-0.05, 0) is 77.2 Å². The van der Waals surface area contributed by atoms with E-state index in [-0.39, 0.29) is 17.8 Å². The van der Waals surface area contributed by atoms with Crippen LogP contribution in [-0.4, -0.2) is 48.2 Å². The molecule has 152 valence electrons. The zero-order valence-electron chi connectivity index (χ0n) is 17.3. The van der Waals surface area contributed by atoms with Crippen molar-refractivity contribution in [2.75, 3.05) is 19.6 Å². The molecule has 0 unspecified atom stereocenters. The molecular weight excluding hydrogens is 343 g/mol. The molecule has 1 aromatic rings. The minimum absolute atomic E-state index is 0.136. The van der Waals surface area contributed by atoms with Crippen molar-refractivity contribution in [3.63, 3.8) is 0 Å². The quantitative estimate of drug-likeness (QED) is 0.696. The highest BCUT2D eigenvalue weighted by Gasteiger charge is 2.28. The van der Waals surface area contributed by atoms with Gasteiger partial charge in [0, 0.05) is 12.6 Å². The Morgan fingerprint density at radius 1 is 1.26 bits per heavy atom. The van der Waals surface area contributed by atoms with Crippen LogP contribution in [-0.2, 0) is 16.0 Å². The zero-order chi connectivity index (χ0) is 19.9. The Kier molecular flexibility index (Phi) is 8.24. The smallest absolute Gasteiger partial charge is 0.323 e. The average Bonchev–Trinajstić information content (AvgIpc) is 2.60. The summed E-state index contributed by atoms with van der Waals surface area (Å²) in [5, 5.41) is 3.54. The number of benzene rings is 1. The summed E-state index contributed by atoms with van der Waals surface area (Å²) in [5.41, 5.74) is 0.721. The fraction of sp³-hybridized carbons (Fsp3) is 0.682. The monoisotopic (exact) mass is 378 g/mol. The lowest BCUT2D eigenvalue weighted by molar-refractivity contribution is -0.158. The van der Waals surface area contributed by atoms with Crippen LogP contribution in [0, 0.1) is 5.82 Å². The van der Waals surface area contributed by atoms with Crippen LogP contribution in [0.3, 0.4) is 0 Å². The van der Waals surface area contributed by atoms with E-state index in [0.717, 1.165) is 51.7 Å². The van der Waals surface area contributed by atoms with Gasteiger partial charge in [-0.15, -0.1) is 0 Å². The van der Waals surface area contributed by atoms with Gasteiger partial charge < -0.3 is 15.0 Å². The molecule has 5 heteroatoms. The molecule has 0 radical (unpaired) electrons. The SMILES string of the molecule is CCC[C@@H](NC1CCN(CCc2ccc(F)cc2)CC1)C(=O)OC(C)(C)C. The number of likely N-dealkylation sites (tertiary alicyclic amines) is 1. The fourth-order valence-corrected chi connectivity index (χ4v) is 3.48. The number of carbonyl (C=O) groups excluding carboxylic acids is 1. The Morgan fingerprint density at radius 3 is 2.44 bits per heavy atom. The summed E-state index contributed by atoms with van der Waals surface area (Å²) in [4.78, 5) is 14.9. The molecule has 0 amide bonds. The lowest BCUT2D eigenvalue weighted by atomic mass is 10.0. The number of carbonyl (C=O) groups is 1. The molecule has 2 rings (SSSR count). The van der Waals surface area contributed by atoms with Gasteiger partial charge in [-0.25, -0.2) is 4.39 Å². The Morgan fingerprint density at radius 2 is 1.89 bits per heavy atom. The molecule has 1 atom stereocenters. The van der Waals surface area contributed by atoms with Crippen molar-refractivity contribution >= 4 is 5.97 Å². The molecule has 1 aliphatic rings. The van der Waals surface area contributed by atoms with Crippen LogP contribution in [0.2, 0.25) is 0 Å². The van der Waals surface area contributed by atoms with E-state index in [9.17, 15) is 9.18 Å². The van der Waals surface area contributed by atoms with E-state index in [1.807, 2.05) is 32.9 Å². The Labute approximate surface area is 163 Å². The van der Waals surface area contributed by atoms with Gasteiger partial charge >= 0.3 is 5.97 Å². The molecule has 27 heavy (non-hydrogen) atoms. The van der Waals surface area contributed by atoms with E-state index in [1.165, 1.54) is 17.7 Å². The molecule has 1 aromatic carbocycles. The number of halogens is 1. The Hall–Kier alpha value is -1.46. The number of esters is 1. The van der Waals surface area contributed by atoms with E-state index in [2.05, 4.69) is 17.1 Å². The number of nitrogens with one attached hydrogen (secondary N) is 1. The van der Waals surface area contributed by atoms with Gasteiger partial charge in [0.1, 0.15) is 17.5 Å². The Balaban J connectivity index is 1.76. The van der Waals surface area contributed by atoms with Crippen LogP contribution < -0.4 is 5.32 Å². The number of nitrogens with zero attached hydrogens (tertiary/aromatic N) is 1. The predicted molar refractivity (Wildman–Crippen MR) is 107 cm³/mol. The van der Waals surface area contributed by atoms with Crippen molar-refractivity contribution < 1.29 is 13.9 Å². The maximum absolute atomic E-state index is 13.0. The summed E-state index contributed by atoms with van der Waals surface area (Å²) in [6.45, 7) is 10.9.